The summed E-state index contributed by atoms with van der Waals surface area (Å²) in [7, 11) is 0. The molecule has 6 heteroatoms. The summed E-state index contributed by atoms with van der Waals surface area (Å²) in [6, 6.07) is 4.92. The van der Waals surface area contributed by atoms with Gasteiger partial charge in [0.2, 0.25) is 0 Å². The Kier molecular flexibility index (Phi) is 4.31. The lowest BCUT2D eigenvalue weighted by Crippen LogP contribution is -2.30. The first-order chi connectivity index (χ1) is 9.08. The number of carboxylic acids is 1. The van der Waals surface area contributed by atoms with Crippen molar-refractivity contribution >= 4 is 5.97 Å². The molecule has 4 nitrogen and oxygen atoms in total. The number of ether oxygens (including phenoxy) is 1. The first-order valence-electron chi connectivity index (χ1n) is 6.08. The molecule has 0 spiro atoms. The van der Waals surface area contributed by atoms with E-state index in [1.54, 1.807) is 6.07 Å². The van der Waals surface area contributed by atoms with E-state index >= 15 is 0 Å². The SMILES string of the molecule is O=C(O)C(NCC1CC1)c1ccccc1OC(F)F. The third-order valence-corrected chi connectivity index (χ3v) is 3.00. The summed E-state index contributed by atoms with van der Waals surface area (Å²) in [6.45, 7) is -2.40. The van der Waals surface area contributed by atoms with Gasteiger partial charge >= 0.3 is 12.6 Å². The molecule has 0 bridgehead atoms. The van der Waals surface area contributed by atoms with Crippen LogP contribution in [0.15, 0.2) is 24.3 Å². The van der Waals surface area contributed by atoms with Gasteiger partial charge in [-0.2, -0.15) is 8.78 Å². The van der Waals surface area contributed by atoms with Gasteiger partial charge in [-0.05, 0) is 31.4 Å². The van der Waals surface area contributed by atoms with E-state index in [2.05, 4.69) is 10.1 Å². The van der Waals surface area contributed by atoms with Crippen LogP contribution in [0.4, 0.5) is 8.78 Å². The van der Waals surface area contributed by atoms with Crippen LogP contribution in [0.5, 0.6) is 5.75 Å². The lowest BCUT2D eigenvalue weighted by molar-refractivity contribution is -0.139. The van der Waals surface area contributed by atoms with Gasteiger partial charge in [0.1, 0.15) is 11.8 Å². The van der Waals surface area contributed by atoms with E-state index < -0.39 is 18.6 Å². The van der Waals surface area contributed by atoms with Gasteiger partial charge in [-0.1, -0.05) is 18.2 Å². The summed E-state index contributed by atoms with van der Waals surface area (Å²) < 4.78 is 29.0. The molecule has 1 aromatic rings. The summed E-state index contributed by atoms with van der Waals surface area (Å²) in [6.07, 6.45) is 2.16. The van der Waals surface area contributed by atoms with Crippen molar-refractivity contribution < 1.29 is 23.4 Å². The van der Waals surface area contributed by atoms with Crippen LogP contribution in [0.2, 0.25) is 0 Å². The Balaban J connectivity index is 2.16. The van der Waals surface area contributed by atoms with Crippen molar-refractivity contribution in [2.45, 2.75) is 25.5 Å². The largest absolute Gasteiger partial charge is 0.480 e. The maximum atomic E-state index is 12.3. The number of aliphatic carboxylic acids is 1. The van der Waals surface area contributed by atoms with Gasteiger partial charge < -0.3 is 15.2 Å². The molecule has 0 heterocycles. The smallest absolute Gasteiger partial charge is 0.387 e. The van der Waals surface area contributed by atoms with Gasteiger partial charge in [-0.15, -0.1) is 0 Å². The van der Waals surface area contributed by atoms with E-state index in [0.717, 1.165) is 12.8 Å². The average Bonchev–Trinajstić information content (AvgIpc) is 3.14. The fraction of sp³-hybridized carbons (Fsp3) is 0.462. The zero-order valence-corrected chi connectivity index (χ0v) is 10.2. The van der Waals surface area contributed by atoms with E-state index in [1.807, 2.05) is 0 Å². The number of para-hydroxylation sites is 1. The highest BCUT2D eigenvalue weighted by molar-refractivity contribution is 5.76. The standard InChI is InChI=1S/C13H15F2NO3/c14-13(15)19-10-4-2-1-3-9(10)11(12(17)18)16-7-8-5-6-8/h1-4,8,11,13,16H,5-7H2,(H,17,18). The highest BCUT2D eigenvalue weighted by Crippen LogP contribution is 2.30. The quantitative estimate of drug-likeness (QED) is 0.799. The Morgan fingerprint density at radius 1 is 1.42 bits per heavy atom. The van der Waals surface area contributed by atoms with Crippen molar-refractivity contribution in [3.05, 3.63) is 29.8 Å². The zero-order chi connectivity index (χ0) is 13.8. The number of rotatable bonds is 7. The lowest BCUT2D eigenvalue weighted by Gasteiger charge is -2.18. The molecule has 0 amide bonds. The predicted octanol–water partition coefficient (Wildman–Crippen LogP) is 2.41. The molecular formula is C13H15F2NO3. The van der Waals surface area contributed by atoms with Crippen LogP contribution in [-0.4, -0.2) is 24.2 Å². The van der Waals surface area contributed by atoms with E-state index in [9.17, 15) is 18.7 Å². The number of carbonyl (C=O) groups is 1. The molecule has 0 radical (unpaired) electrons. The van der Waals surface area contributed by atoms with Crippen LogP contribution in [-0.2, 0) is 4.79 Å². The molecule has 1 aromatic carbocycles. The van der Waals surface area contributed by atoms with E-state index in [0.29, 0.717) is 12.5 Å². The Labute approximate surface area is 109 Å². The number of nitrogens with one attached hydrogen (secondary N) is 1. The Morgan fingerprint density at radius 2 is 2.11 bits per heavy atom. The topological polar surface area (TPSA) is 58.6 Å². The monoisotopic (exact) mass is 271 g/mol. The highest BCUT2D eigenvalue weighted by Gasteiger charge is 2.28. The van der Waals surface area contributed by atoms with Gasteiger partial charge in [0.15, 0.2) is 0 Å². The molecule has 1 saturated carbocycles. The van der Waals surface area contributed by atoms with Crippen LogP contribution < -0.4 is 10.1 Å². The lowest BCUT2D eigenvalue weighted by atomic mass is 10.1. The number of halogens is 2. The van der Waals surface area contributed by atoms with Crippen LogP contribution >= 0.6 is 0 Å². The fourth-order valence-corrected chi connectivity index (χ4v) is 1.86. The maximum Gasteiger partial charge on any atom is 0.387 e. The Bertz CT molecular complexity index is 449. The maximum absolute atomic E-state index is 12.3. The average molecular weight is 271 g/mol. The van der Waals surface area contributed by atoms with Crippen molar-refractivity contribution in [1.82, 2.24) is 5.32 Å². The molecule has 0 aromatic heterocycles. The van der Waals surface area contributed by atoms with Gasteiger partial charge in [-0.3, -0.25) is 4.79 Å². The molecule has 1 aliphatic carbocycles. The molecule has 104 valence electrons. The highest BCUT2D eigenvalue weighted by atomic mass is 19.3. The molecular weight excluding hydrogens is 256 g/mol. The molecule has 2 N–H and O–H groups in total. The zero-order valence-electron chi connectivity index (χ0n) is 10.2. The molecule has 2 rings (SSSR count). The van der Waals surface area contributed by atoms with Crippen molar-refractivity contribution in [2.24, 2.45) is 5.92 Å². The summed E-state index contributed by atoms with van der Waals surface area (Å²) >= 11 is 0. The molecule has 0 saturated heterocycles. The summed E-state index contributed by atoms with van der Waals surface area (Å²) in [5, 5.41) is 12.1. The number of alkyl halides is 2. The summed E-state index contributed by atoms with van der Waals surface area (Å²) in [4.78, 5) is 11.3. The molecule has 0 aliphatic heterocycles. The number of carboxylic acid groups (broad SMARTS) is 1. The predicted molar refractivity (Wildman–Crippen MR) is 64.2 cm³/mol. The van der Waals surface area contributed by atoms with E-state index in [1.165, 1.54) is 18.2 Å². The summed E-state index contributed by atoms with van der Waals surface area (Å²) in [5.74, 6) is -0.718. The molecule has 1 unspecified atom stereocenters. The second kappa shape index (κ2) is 5.97. The molecule has 1 aliphatic rings. The third-order valence-electron chi connectivity index (χ3n) is 3.00. The van der Waals surface area contributed by atoms with Crippen LogP contribution in [0, 0.1) is 5.92 Å². The molecule has 19 heavy (non-hydrogen) atoms. The van der Waals surface area contributed by atoms with Gasteiger partial charge in [0.05, 0.1) is 0 Å². The minimum atomic E-state index is -2.97. The van der Waals surface area contributed by atoms with Crippen molar-refractivity contribution in [1.29, 1.82) is 0 Å². The number of benzene rings is 1. The second-order valence-corrected chi connectivity index (χ2v) is 4.54. The third kappa shape index (κ3) is 3.89. The minimum Gasteiger partial charge on any atom is -0.480 e. The first kappa shape index (κ1) is 13.7. The first-order valence-corrected chi connectivity index (χ1v) is 6.08. The molecule has 1 fully saturated rings. The van der Waals surface area contributed by atoms with Crippen molar-refractivity contribution in [2.75, 3.05) is 6.54 Å². The number of hydrogen-bond donors (Lipinski definition) is 2. The van der Waals surface area contributed by atoms with Crippen LogP contribution in [0.1, 0.15) is 24.4 Å². The van der Waals surface area contributed by atoms with Crippen LogP contribution in [0.3, 0.4) is 0 Å². The fourth-order valence-electron chi connectivity index (χ4n) is 1.86. The Morgan fingerprint density at radius 3 is 2.68 bits per heavy atom. The molecule has 1 atom stereocenters. The van der Waals surface area contributed by atoms with Crippen molar-refractivity contribution in [3.8, 4) is 5.75 Å². The van der Waals surface area contributed by atoms with Gasteiger partial charge in [0, 0.05) is 5.56 Å². The minimum absolute atomic E-state index is 0.104. The van der Waals surface area contributed by atoms with Gasteiger partial charge in [0.25, 0.3) is 0 Å². The van der Waals surface area contributed by atoms with Crippen molar-refractivity contribution in [3.63, 3.8) is 0 Å². The number of hydrogen-bond acceptors (Lipinski definition) is 3. The van der Waals surface area contributed by atoms with E-state index in [4.69, 9.17) is 0 Å². The van der Waals surface area contributed by atoms with Crippen LogP contribution in [0.25, 0.3) is 0 Å². The summed E-state index contributed by atoms with van der Waals surface area (Å²) in [5.41, 5.74) is 0.218. The second-order valence-electron chi connectivity index (χ2n) is 4.54. The normalized spacial score (nSPS) is 16.4. The van der Waals surface area contributed by atoms with Gasteiger partial charge in [-0.25, -0.2) is 0 Å². The van der Waals surface area contributed by atoms with E-state index in [-0.39, 0.29) is 11.3 Å². The Hall–Kier alpha value is -1.69.